The van der Waals surface area contributed by atoms with E-state index in [0.29, 0.717) is 12.5 Å². The summed E-state index contributed by atoms with van der Waals surface area (Å²) in [6.45, 7) is 5.56. The highest BCUT2D eigenvalue weighted by molar-refractivity contribution is 7.99. The maximum Gasteiger partial charge on any atom is 0.220 e. The van der Waals surface area contributed by atoms with Gasteiger partial charge in [0.25, 0.3) is 0 Å². The van der Waals surface area contributed by atoms with E-state index in [1.54, 1.807) is 0 Å². The van der Waals surface area contributed by atoms with Crippen molar-refractivity contribution in [3.8, 4) is 0 Å². The fourth-order valence-electron chi connectivity index (χ4n) is 2.17. The average molecular weight is 243 g/mol. The maximum absolute atomic E-state index is 11.0. The fraction of sp³-hybridized carbons (Fsp3) is 0.909. The molecule has 2 heterocycles. The summed E-state index contributed by atoms with van der Waals surface area (Å²) in [5.41, 5.74) is 0. The minimum Gasteiger partial charge on any atom is -0.352 e. The molecular weight excluding hydrogens is 222 g/mol. The van der Waals surface area contributed by atoms with Crippen LogP contribution < -0.4 is 10.6 Å². The number of thioether (sulfide) groups is 1. The highest BCUT2D eigenvalue weighted by Gasteiger charge is 2.19. The molecule has 16 heavy (non-hydrogen) atoms. The van der Waals surface area contributed by atoms with Gasteiger partial charge in [0, 0.05) is 56.7 Å². The minimum atomic E-state index is 0.208. The monoisotopic (exact) mass is 243 g/mol. The zero-order valence-electron chi connectivity index (χ0n) is 9.71. The van der Waals surface area contributed by atoms with Gasteiger partial charge in [-0.3, -0.25) is 4.79 Å². The molecule has 2 saturated heterocycles. The average Bonchev–Trinajstić information content (AvgIpc) is 2.72. The summed E-state index contributed by atoms with van der Waals surface area (Å²) in [5, 5.41) is 6.41. The largest absolute Gasteiger partial charge is 0.352 e. The molecule has 2 aliphatic heterocycles. The molecule has 0 spiro atoms. The lowest BCUT2D eigenvalue weighted by Crippen LogP contribution is -2.41. The summed E-state index contributed by atoms with van der Waals surface area (Å²) < 4.78 is 0. The van der Waals surface area contributed by atoms with Gasteiger partial charge < -0.3 is 15.5 Å². The Morgan fingerprint density at radius 2 is 2.25 bits per heavy atom. The van der Waals surface area contributed by atoms with Gasteiger partial charge in [-0.05, 0) is 6.42 Å². The molecule has 1 amide bonds. The molecular formula is C11H21N3OS. The van der Waals surface area contributed by atoms with Crippen LogP contribution in [-0.2, 0) is 4.79 Å². The Morgan fingerprint density at radius 3 is 2.94 bits per heavy atom. The van der Waals surface area contributed by atoms with Gasteiger partial charge in [0.15, 0.2) is 0 Å². The van der Waals surface area contributed by atoms with E-state index in [1.807, 2.05) is 11.8 Å². The Hall–Kier alpha value is -0.260. The van der Waals surface area contributed by atoms with Gasteiger partial charge >= 0.3 is 0 Å². The number of hydrogen-bond acceptors (Lipinski definition) is 4. The first-order valence-corrected chi connectivity index (χ1v) is 7.30. The number of rotatable bonds is 5. The Labute approximate surface area is 102 Å². The van der Waals surface area contributed by atoms with E-state index >= 15 is 0 Å². The Kier molecular flexibility index (Phi) is 4.93. The lowest BCUT2D eigenvalue weighted by atomic mass is 10.2. The van der Waals surface area contributed by atoms with Gasteiger partial charge in [0.05, 0.1) is 0 Å². The van der Waals surface area contributed by atoms with E-state index in [-0.39, 0.29) is 5.91 Å². The number of carbonyl (C=O) groups excluding carboxylic acids is 1. The number of nitrogens with one attached hydrogen (secondary N) is 2. The third-order valence-corrected chi connectivity index (χ3v) is 4.13. The predicted molar refractivity (Wildman–Crippen MR) is 67.8 cm³/mol. The number of nitrogens with zero attached hydrogens (tertiary/aromatic N) is 1. The molecule has 5 heteroatoms. The number of hydrogen-bond donors (Lipinski definition) is 2. The molecule has 1 unspecified atom stereocenters. The Balaban J connectivity index is 1.49. The molecule has 2 fully saturated rings. The van der Waals surface area contributed by atoms with Gasteiger partial charge in [0.2, 0.25) is 5.91 Å². The van der Waals surface area contributed by atoms with Crippen LogP contribution in [0.2, 0.25) is 0 Å². The first-order chi connectivity index (χ1) is 7.84. The lowest BCUT2D eigenvalue weighted by molar-refractivity contribution is -0.119. The Morgan fingerprint density at radius 1 is 1.44 bits per heavy atom. The molecule has 0 saturated carbocycles. The van der Waals surface area contributed by atoms with Crippen molar-refractivity contribution >= 4 is 17.7 Å². The van der Waals surface area contributed by atoms with Crippen molar-refractivity contribution in [1.82, 2.24) is 15.5 Å². The van der Waals surface area contributed by atoms with E-state index in [0.717, 1.165) is 26.1 Å². The van der Waals surface area contributed by atoms with Crippen LogP contribution >= 0.6 is 11.8 Å². The van der Waals surface area contributed by atoms with Crippen LogP contribution in [0.25, 0.3) is 0 Å². The zero-order chi connectivity index (χ0) is 11.2. The summed E-state index contributed by atoms with van der Waals surface area (Å²) in [5.74, 6) is 2.76. The smallest absolute Gasteiger partial charge is 0.220 e. The second-order valence-electron chi connectivity index (χ2n) is 4.46. The van der Waals surface area contributed by atoms with Crippen LogP contribution in [0.1, 0.15) is 12.8 Å². The third-order valence-electron chi connectivity index (χ3n) is 3.18. The van der Waals surface area contributed by atoms with Crippen molar-refractivity contribution in [2.24, 2.45) is 0 Å². The molecule has 0 aliphatic carbocycles. The summed E-state index contributed by atoms with van der Waals surface area (Å²) in [6.07, 6.45) is 1.70. The van der Waals surface area contributed by atoms with Gasteiger partial charge in [-0.1, -0.05) is 0 Å². The molecule has 0 aromatic rings. The van der Waals surface area contributed by atoms with Crippen LogP contribution in [-0.4, -0.2) is 61.1 Å². The van der Waals surface area contributed by atoms with Crippen molar-refractivity contribution in [3.05, 3.63) is 0 Å². The van der Waals surface area contributed by atoms with Crippen molar-refractivity contribution < 1.29 is 4.79 Å². The zero-order valence-corrected chi connectivity index (χ0v) is 10.5. The molecule has 4 nitrogen and oxygen atoms in total. The lowest BCUT2D eigenvalue weighted by Gasteiger charge is -2.26. The Bertz CT molecular complexity index is 231. The van der Waals surface area contributed by atoms with Crippen LogP contribution in [0.15, 0.2) is 0 Å². The standard InChI is InChI=1S/C11H21N3OS/c15-11-2-1-10(13-11)9-12-3-4-14-5-7-16-8-6-14/h10,12H,1-9H2,(H,13,15). The van der Waals surface area contributed by atoms with Crippen LogP contribution in [0.4, 0.5) is 0 Å². The molecule has 2 N–H and O–H groups in total. The van der Waals surface area contributed by atoms with Gasteiger partial charge in [-0.2, -0.15) is 11.8 Å². The normalized spacial score (nSPS) is 27.0. The second kappa shape index (κ2) is 6.47. The van der Waals surface area contributed by atoms with Gasteiger partial charge in [-0.25, -0.2) is 0 Å². The quantitative estimate of drug-likeness (QED) is 0.662. The fourth-order valence-corrected chi connectivity index (χ4v) is 3.15. The highest BCUT2D eigenvalue weighted by atomic mass is 32.2. The molecule has 0 aromatic heterocycles. The first kappa shape index (κ1) is 12.2. The van der Waals surface area contributed by atoms with E-state index in [4.69, 9.17) is 0 Å². The summed E-state index contributed by atoms with van der Waals surface area (Å²) in [6, 6.07) is 0.365. The van der Waals surface area contributed by atoms with E-state index < -0.39 is 0 Å². The summed E-state index contributed by atoms with van der Waals surface area (Å²) >= 11 is 2.05. The highest BCUT2D eigenvalue weighted by Crippen LogP contribution is 2.08. The molecule has 0 radical (unpaired) electrons. The minimum absolute atomic E-state index is 0.208. The van der Waals surface area contributed by atoms with E-state index in [9.17, 15) is 4.79 Å². The van der Waals surface area contributed by atoms with Crippen molar-refractivity contribution in [2.75, 3.05) is 44.2 Å². The van der Waals surface area contributed by atoms with Crippen LogP contribution in [0.3, 0.4) is 0 Å². The predicted octanol–water partition coefficient (Wildman–Crippen LogP) is -0.0966. The molecule has 92 valence electrons. The molecule has 0 bridgehead atoms. The van der Waals surface area contributed by atoms with E-state index in [2.05, 4.69) is 15.5 Å². The van der Waals surface area contributed by atoms with Gasteiger partial charge in [-0.15, -0.1) is 0 Å². The first-order valence-electron chi connectivity index (χ1n) is 6.15. The van der Waals surface area contributed by atoms with Crippen molar-refractivity contribution in [1.29, 1.82) is 0 Å². The number of amides is 1. The van der Waals surface area contributed by atoms with Crippen molar-refractivity contribution in [2.45, 2.75) is 18.9 Å². The molecule has 1 atom stereocenters. The topological polar surface area (TPSA) is 44.4 Å². The third kappa shape index (κ3) is 3.96. The molecule has 2 aliphatic rings. The molecule has 2 rings (SSSR count). The van der Waals surface area contributed by atoms with Crippen LogP contribution in [0, 0.1) is 0 Å². The molecule has 0 aromatic carbocycles. The van der Waals surface area contributed by atoms with E-state index in [1.165, 1.54) is 24.6 Å². The van der Waals surface area contributed by atoms with Crippen LogP contribution in [0.5, 0.6) is 0 Å². The maximum atomic E-state index is 11.0. The van der Waals surface area contributed by atoms with Crippen molar-refractivity contribution in [3.63, 3.8) is 0 Å². The number of carbonyl (C=O) groups is 1. The summed E-state index contributed by atoms with van der Waals surface area (Å²) in [7, 11) is 0. The van der Waals surface area contributed by atoms with Gasteiger partial charge in [0.1, 0.15) is 0 Å². The summed E-state index contributed by atoms with van der Waals surface area (Å²) in [4.78, 5) is 13.5. The SMILES string of the molecule is O=C1CCC(CNCCN2CCSCC2)N1. The second-order valence-corrected chi connectivity index (χ2v) is 5.69.